The normalized spacial score (nSPS) is 14.9. The zero-order valence-electron chi connectivity index (χ0n) is 21.1. The van der Waals surface area contributed by atoms with Crippen LogP contribution in [0.3, 0.4) is 0 Å². The van der Waals surface area contributed by atoms with Gasteiger partial charge in [0.25, 0.3) is 5.91 Å². The minimum atomic E-state index is -0.608. The van der Waals surface area contributed by atoms with E-state index in [1.807, 2.05) is 39.8 Å². The standard InChI is InChI=1S/C28H36Cl2N2O3/c1-5-25(28(34)31-22-9-7-6-8-10-22)32(16-21-11-12-23(29)24(30)15-21)27(33)17-35-26-14-18(2)13-19(3)20(26)4/h11-15,22,25H,5-10,16-17H2,1-4H3,(H,31,34). The predicted octanol–water partition coefficient (Wildman–Crippen LogP) is 6.55. The van der Waals surface area contributed by atoms with E-state index < -0.39 is 6.04 Å². The van der Waals surface area contributed by atoms with Crippen molar-refractivity contribution in [1.82, 2.24) is 10.2 Å². The Hall–Kier alpha value is -2.24. The average molecular weight is 520 g/mol. The van der Waals surface area contributed by atoms with Crippen LogP contribution in [-0.4, -0.2) is 35.4 Å². The summed E-state index contributed by atoms with van der Waals surface area (Å²) >= 11 is 12.3. The molecule has 1 aliphatic rings. The molecular formula is C28H36Cl2N2O3. The first kappa shape index (κ1) is 27.3. The third-order valence-electron chi connectivity index (χ3n) is 6.79. The number of aryl methyl sites for hydroxylation is 2. The number of nitrogens with zero attached hydrogens (tertiary/aromatic N) is 1. The van der Waals surface area contributed by atoms with Crippen LogP contribution in [0, 0.1) is 20.8 Å². The maximum absolute atomic E-state index is 13.5. The highest BCUT2D eigenvalue weighted by atomic mass is 35.5. The Morgan fingerprint density at radius 1 is 1.06 bits per heavy atom. The minimum absolute atomic E-state index is 0.115. The fourth-order valence-corrected chi connectivity index (χ4v) is 4.99. The van der Waals surface area contributed by atoms with Crippen LogP contribution in [-0.2, 0) is 16.1 Å². The molecule has 0 radical (unpaired) electrons. The summed E-state index contributed by atoms with van der Waals surface area (Å²) in [6.45, 7) is 8.01. The summed E-state index contributed by atoms with van der Waals surface area (Å²) in [4.78, 5) is 28.4. The lowest BCUT2D eigenvalue weighted by Crippen LogP contribution is -2.52. The van der Waals surface area contributed by atoms with Gasteiger partial charge >= 0.3 is 0 Å². The van der Waals surface area contributed by atoms with E-state index in [-0.39, 0.29) is 31.0 Å². The van der Waals surface area contributed by atoms with E-state index in [0.29, 0.717) is 22.2 Å². The lowest BCUT2D eigenvalue weighted by molar-refractivity contribution is -0.143. The lowest BCUT2D eigenvalue weighted by atomic mass is 9.95. The van der Waals surface area contributed by atoms with Crippen LogP contribution < -0.4 is 10.1 Å². The number of ether oxygens (including phenoxy) is 1. The smallest absolute Gasteiger partial charge is 0.261 e. The Morgan fingerprint density at radius 3 is 2.43 bits per heavy atom. The fourth-order valence-electron chi connectivity index (χ4n) is 4.67. The van der Waals surface area contributed by atoms with Gasteiger partial charge in [-0.1, -0.05) is 61.5 Å². The Bertz CT molecular complexity index is 1050. The molecule has 5 nitrogen and oxygen atoms in total. The molecule has 0 saturated heterocycles. The number of amides is 2. The Balaban J connectivity index is 1.81. The van der Waals surface area contributed by atoms with Crippen molar-refractivity contribution in [2.24, 2.45) is 0 Å². The van der Waals surface area contributed by atoms with E-state index in [0.717, 1.165) is 47.9 Å². The summed E-state index contributed by atoms with van der Waals surface area (Å²) < 4.78 is 5.98. The summed E-state index contributed by atoms with van der Waals surface area (Å²) in [5, 5.41) is 4.05. The number of carbonyl (C=O) groups excluding carboxylic acids is 2. The molecule has 0 heterocycles. The number of nitrogens with one attached hydrogen (secondary N) is 1. The molecule has 0 bridgehead atoms. The highest BCUT2D eigenvalue weighted by molar-refractivity contribution is 6.42. The SMILES string of the molecule is CCC(C(=O)NC1CCCCC1)N(Cc1ccc(Cl)c(Cl)c1)C(=O)COc1cc(C)cc(C)c1C. The van der Waals surface area contributed by atoms with Gasteiger partial charge in [-0.3, -0.25) is 9.59 Å². The average Bonchev–Trinajstić information content (AvgIpc) is 2.83. The van der Waals surface area contributed by atoms with Gasteiger partial charge in [-0.05, 0) is 80.5 Å². The van der Waals surface area contributed by atoms with Crippen molar-refractivity contribution in [2.75, 3.05) is 6.61 Å². The Labute approximate surface area is 219 Å². The summed E-state index contributed by atoms with van der Waals surface area (Å²) in [7, 11) is 0. The highest BCUT2D eigenvalue weighted by Crippen LogP contribution is 2.26. The Morgan fingerprint density at radius 2 is 1.77 bits per heavy atom. The molecule has 1 N–H and O–H groups in total. The molecule has 1 fully saturated rings. The summed E-state index contributed by atoms with van der Waals surface area (Å²) in [6, 6.07) is 8.86. The van der Waals surface area contributed by atoms with E-state index in [1.54, 1.807) is 17.0 Å². The van der Waals surface area contributed by atoms with Crippen LogP contribution in [0.25, 0.3) is 0 Å². The Kier molecular flexibility index (Phi) is 9.88. The highest BCUT2D eigenvalue weighted by Gasteiger charge is 2.30. The van der Waals surface area contributed by atoms with Gasteiger partial charge in [-0.25, -0.2) is 0 Å². The molecule has 2 aromatic rings. The van der Waals surface area contributed by atoms with Gasteiger partial charge in [0.05, 0.1) is 10.0 Å². The van der Waals surface area contributed by atoms with Crippen LogP contribution >= 0.6 is 23.2 Å². The van der Waals surface area contributed by atoms with Gasteiger partial charge in [0.2, 0.25) is 5.91 Å². The molecule has 1 aliphatic carbocycles. The second kappa shape index (κ2) is 12.6. The number of carbonyl (C=O) groups is 2. The molecular weight excluding hydrogens is 483 g/mol. The van der Waals surface area contributed by atoms with Crippen LogP contribution in [0.1, 0.15) is 67.7 Å². The minimum Gasteiger partial charge on any atom is -0.483 e. The number of halogens is 2. The van der Waals surface area contributed by atoms with Crippen molar-refractivity contribution in [2.45, 2.75) is 84.8 Å². The van der Waals surface area contributed by atoms with Crippen molar-refractivity contribution >= 4 is 35.0 Å². The van der Waals surface area contributed by atoms with Crippen molar-refractivity contribution < 1.29 is 14.3 Å². The molecule has 3 rings (SSSR count). The molecule has 2 aromatic carbocycles. The molecule has 1 saturated carbocycles. The lowest BCUT2D eigenvalue weighted by Gasteiger charge is -2.33. The second-order valence-electron chi connectivity index (χ2n) is 9.53. The van der Waals surface area contributed by atoms with Crippen LogP contribution in [0.2, 0.25) is 10.0 Å². The van der Waals surface area contributed by atoms with Crippen LogP contribution in [0.15, 0.2) is 30.3 Å². The molecule has 7 heteroatoms. The molecule has 0 aliphatic heterocycles. The van der Waals surface area contributed by atoms with Gasteiger partial charge in [-0.15, -0.1) is 0 Å². The molecule has 2 amide bonds. The van der Waals surface area contributed by atoms with Gasteiger partial charge in [0.1, 0.15) is 11.8 Å². The number of hydrogen-bond donors (Lipinski definition) is 1. The van der Waals surface area contributed by atoms with Crippen molar-refractivity contribution in [3.63, 3.8) is 0 Å². The van der Waals surface area contributed by atoms with Crippen molar-refractivity contribution in [3.8, 4) is 5.75 Å². The number of rotatable bonds is 9. The molecule has 1 unspecified atom stereocenters. The van der Waals surface area contributed by atoms with E-state index in [1.165, 1.54) is 6.42 Å². The maximum Gasteiger partial charge on any atom is 0.261 e. The quantitative estimate of drug-likeness (QED) is 0.409. The summed E-state index contributed by atoms with van der Waals surface area (Å²) in [5.74, 6) is 0.320. The van der Waals surface area contributed by atoms with Gasteiger partial charge in [-0.2, -0.15) is 0 Å². The molecule has 190 valence electrons. The molecule has 0 aromatic heterocycles. The number of hydrogen-bond acceptors (Lipinski definition) is 3. The first-order valence-corrected chi connectivity index (χ1v) is 13.2. The monoisotopic (exact) mass is 518 g/mol. The maximum atomic E-state index is 13.5. The van der Waals surface area contributed by atoms with Crippen LogP contribution in [0.4, 0.5) is 0 Å². The van der Waals surface area contributed by atoms with E-state index >= 15 is 0 Å². The number of benzene rings is 2. The first-order chi connectivity index (χ1) is 16.7. The van der Waals surface area contributed by atoms with E-state index in [4.69, 9.17) is 27.9 Å². The predicted molar refractivity (Wildman–Crippen MR) is 142 cm³/mol. The zero-order chi connectivity index (χ0) is 25.5. The third-order valence-corrected chi connectivity index (χ3v) is 7.53. The molecule has 1 atom stereocenters. The van der Waals surface area contributed by atoms with Crippen molar-refractivity contribution in [3.05, 3.63) is 62.6 Å². The summed E-state index contributed by atoms with van der Waals surface area (Å²) in [6.07, 6.45) is 5.92. The van der Waals surface area contributed by atoms with Gasteiger partial charge in [0.15, 0.2) is 6.61 Å². The van der Waals surface area contributed by atoms with E-state index in [9.17, 15) is 9.59 Å². The van der Waals surface area contributed by atoms with Crippen molar-refractivity contribution in [1.29, 1.82) is 0 Å². The van der Waals surface area contributed by atoms with Gasteiger partial charge < -0.3 is 15.0 Å². The fraction of sp³-hybridized carbons (Fsp3) is 0.500. The van der Waals surface area contributed by atoms with Crippen LogP contribution in [0.5, 0.6) is 5.75 Å². The largest absolute Gasteiger partial charge is 0.483 e. The first-order valence-electron chi connectivity index (χ1n) is 12.4. The third kappa shape index (κ3) is 7.37. The molecule has 0 spiro atoms. The van der Waals surface area contributed by atoms with E-state index in [2.05, 4.69) is 11.4 Å². The zero-order valence-corrected chi connectivity index (χ0v) is 22.6. The summed E-state index contributed by atoms with van der Waals surface area (Å²) in [5.41, 5.74) is 3.99. The van der Waals surface area contributed by atoms with Gasteiger partial charge in [0, 0.05) is 12.6 Å². The topological polar surface area (TPSA) is 58.6 Å². The molecule has 35 heavy (non-hydrogen) atoms. The second-order valence-corrected chi connectivity index (χ2v) is 10.3.